The smallest absolute Gasteiger partial charge is 0.337 e. The summed E-state index contributed by atoms with van der Waals surface area (Å²) >= 11 is 7.42. The number of carbonyl (C=O) groups is 1. The molecule has 0 fully saturated rings. The van der Waals surface area contributed by atoms with Crippen LogP contribution in [0.1, 0.15) is 22.8 Å². The maximum absolute atomic E-state index is 12.9. The van der Waals surface area contributed by atoms with E-state index >= 15 is 0 Å². The van der Waals surface area contributed by atoms with Gasteiger partial charge in [-0.15, -0.1) is 0 Å². The van der Waals surface area contributed by atoms with Gasteiger partial charge in [-0.05, 0) is 42.8 Å². The van der Waals surface area contributed by atoms with Crippen molar-refractivity contribution >= 4 is 40.2 Å². The van der Waals surface area contributed by atoms with Crippen LogP contribution in [-0.2, 0) is 17.0 Å². The highest BCUT2D eigenvalue weighted by Gasteiger charge is 2.14. The zero-order chi connectivity index (χ0) is 20.3. The van der Waals surface area contributed by atoms with Crippen molar-refractivity contribution in [3.8, 4) is 0 Å². The van der Waals surface area contributed by atoms with Crippen LogP contribution in [0.4, 0.5) is 0 Å². The molecule has 1 aromatic heterocycles. The minimum absolute atomic E-state index is 0.147. The molecule has 0 saturated heterocycles. The number of benzene rings is 2. The van der Waals surface area contributed by atoms with Crippen molar-refractivity contribution in [1.29, 1.82) is 0 Å². The summed E-state index contributed by atoms with van der Waals surface area (Å²) < 4.78 is 6.18. The van der Waals surface area contributed by atoms with E-state index in [0.29, 0.717) is 32.4 Å². The fourth-order valence-electron chi connectivity index (χ4n) is 2.71. The molecule has 1 N–H and O–H groups in total. The lowest BCUT2D eigenvalue weighted by atomic mass is 10.1. The first-order valence-corrected chi connectivity index (χ1v) is 9.93. The average Bonchev–Trinajstić information content (AvgIpc) is 2.68. The SMILES string of the molecule is COC(=O)c1ccc(CSc2nc3cc(Cl)ccc3c(=O)n2C[C@@H](C)O)cc1. The second kappa shape index (κ2) is 8.77. The molecule has 0 spiro atoms. The number of aliphatic hydroxyl groups is 1. The number of aliphatic hydroxyl groups excluding tert-OH is 1. The lowest BCUT2D eigenvalue weighted by Gasteiger charge is -2.14. The van der Waals surface area contributed by atoms with Crippen LogP contribution in [0, 0.1) is 0 Å². The van der Waals surface area contributed by atoms with Gasteiger partial charge in [-0.3, -0.25) is 9.36 Å². The van der Waals surface area contributed by atoms with Gasteiger partial charge in [0.15, 0.2) is 5.16 Å². The van der Waals surface area contributed by atoms with Crippen molar-refractivity contribution in [3.63, 3.8) is 0 Å². The fraction of sp³-hybridized carbons (Fsp3) is 0.250. The van der Waals surface area contributed by atoms with Crippen molar-refractivity contribution in [2.24, 2.45) is 0 Å². The molecule has 2 aromatic carbocycles. The molecule has 0 aliphatic heterocycles. The molecule has 0 bridgehead atoms. The Kier molecular flexibility index (Phi) is 6.39. The molecular weight excluding hydrogens is 400 g/mol. The number of esters is 1. The lowest BCUT2D eigenvalue weighted by molar-refractivity contribution is 0.0600. The summed E-state index contributed by atoms with van der Waals surface area (Å²) in [5, 5.41) is 11.3. The Bertz CT molecular complexity index is 1060. The molecule has 28 heavy (non-hydrogen) atoms. The Labute approximate surface area is 171 Å². The molecule has 0 radical (unpaired) electrons. The number of thioether (sulfide) groups is 1. The van der Waals surface area contributed by atoms with E-state index in [1.807, 2.05) is 12.1 Å². The summed E-state index contributed by atoms with van der Waals surface area (Å²) in [5.41, 5.74) is 1.73. The van der Waals surface area contributed by atoms with E-state index in [1.165, 1.54) is 23.4 Å². The van der Waals surface area contributed by atoms with Gasteiger partial charge in [0, 0.05) is 10.8 Å². The third-order valence-electron chi connectivity index (χ3n) is 4.07. The molecule has 1 atom stereocenters. The van der Waals surface area contributed by atoms with Crippen molar-refractivity contribution in [1.82, 2.24) is 9.55 Å². The van der Waals surface area contributed by atoms with E-state index in [2.05, 4.69) is 4.98 Å². The molecule has 0 amide bonds. The Hall–Kier alpha value is -2.35. The van der Waals surface area contributed by atoms with Gasteiger partial charge < -0.3 is 9.84 Å². The standard InChI is InChI=1S/C20H19ClN2O4S/c1-12(24)10-23-18(25)16-8-7-15(21)9-17(16)22-20(23)28-11-13-3-5-14(6-4-13)19(26)27-2/h3-9,12,24H,10-11H2,1-2H3/t12-/m1/s1. The summed E-state index contributed by atoms with van der Waals surface area (Å²) in [6, 6.07) is 12.0. The van der Waals surface area contributed by atoms with Crippen LogP contribution in [-0.4, -0.2) is 33.8 Å². The van der Waals surface area contributed by atoms with Gasteiger partial charge in [0.25, 0.3) is 5.56 Å². The number of halogens is 1. The van der Waals surface area contributed by atoms with E-state index in [-0.39, 0.29) is 12.1 Å². The Morgan fingerprint density at radius 3 is 2.64 bits per heavy atom. The number of rotatable bonds is 6. The van der Waals surface area contributed by atoms with Gasteiger partial charge in [0.1, 0.15) is 0 Å². The summed E-state index contributed by atoms with van der Waals surface area (Å²) in [5.74, 6) is 0.151. The van der Waals surface area contributed by atoms with E-state index in [4.69, 9.17) is 16.3 Å². The van der Waals surface area contributed by atoms with E-state index in [1.54, 1.807) is 37.3 Å². The molecule has 0 aliphatic rings. The molecular formula is C20H19ClN2O4S. The number of nitrogens with zero attached hydrogens (tertiary/aromatic N) is 2. The Balaban J connectivity index is 1.92. The normalized spacial score (nSPS) is 12.1. The highest BCUT2D eigenvalue weighted by molar-refractivity contribution is 7.98. The topological polar surface area (TPSA) is 81.4 Å². The van der Waals surface area contributed by atoms with E-state index in [0.717, 1.165) is 5.56 Å². The summed E-state index contributed by atoms with van der Waals surface area (Å²) in [6.07, 6.45) is -0.692. The second-order valence-electron chi connectivity index (χ2n) is 6.30. The highest BCUT2D eigenvalue weighted by atomic mass is 35.5. The van der Waals surface area contributed by atoms with E-state index in [9.17, 15) is 14.7 Å². The predicted octanol–water partition coefficient (Wildman–Crippen LogP) is 3.51. The molecule has 0 aliphatic carbocycles. The molecule has 1 heterocycles. The van der Waals surface area contributed by atoms with Crippen LogP contribution in [0.3, 0.4) is 0 Å². The zero-order valence-corrected chi connectivity index (χ0v) is 17.0. The third kappa shape index (κ3) is 4.55. The van der Waals surface area contributed by atoms with Crippen LogP contribution in [0.25, 0.3) is 10.9 Å². The van der Waals surface area contributed by atoms with E-state index < -0.39 is 12.1 Å². The Morgan fingerprint density at radius 1 is 1.29 bits per heavy atom. The number of ether oxygens (including phenoxy) is 1. The third-order valence-corrected chi connectivity index (χ3v) is 5.35. The average molecular weight is 419 g/mol. The van der Waals surface area contributed by atoms with Crippen LogP contribution >= 0.6 is 23.4 Å². The minimum Gasteiger partial charge on any atom is -0.465 e. The first kappa shape index (κ1) is 20.4. The van der Waals surface area contributed by atoms with Crippen LogP contribution in [0.2, 0.25) is 5.02 Å². The van der Waals surface area contributed by atoms with Crippen molar-refractivity contribution in [3.05, 3.63) is 69.0 Å². The minimum atomic E-state index is -0.692. The maximum Gasteiger partial charge on any atom is 0.337 e. The first-order chi connectivity index (χ1) is 13.4. The van der Waals surface area contributed by atoms with Gasteiger partial charge in [-0.1, -0.05) is 35.5 Å². The first-order valence-electron chi connectivity index (χ1n) is 8.57. The van der Waals surface area contributed by atoms with Gasteiger partial charge in [-0.2, -0.15) is 0 Å². The molecule has 0 saturated carbocycles. The number of fused-ring (bicyclic) bond motifs is 1. The van der Waals surface area contributed by atoms with Gasteiger partial charge in [0.2, 0.25) is 0 Å². The molecule has 3 aromatic rings. The maximum atomic E-state index is 12.9. The quantitative estimate of drug-likeness (QED) is 0.375. The van der Waals surface area contributed by atoms with Gasteiger partial charge in [0.05, 0.1) is 36.2 Å². The molecule has 0 unspecified atom stereocenters. The van der Waals surface area contributed by atoms with Gasteiger partial charge >= 0.3 is 5.97 Å². The number of hydrogen-bond acceptors (Lipinski definition) is 6. The van der Waals surface area contributed by atoms with Crippen LogP contribution in [0.15, 0.2) is 52.4 Å². The van der Waals surface area contributed by atoms with Gasteiger partial charge in [-0.25, -0.2) is 9.78 Å². The van der Waals surface area contributed by atoms with Crippen molar-refractivity contribution in [2.45, 2.75) is 30.5 Å². The highest BCUT2D eigenvalue weighted by Crippen LogP contribution is 2.24. The monoisotopic (exact) mass is 418 g/mol. The molecule has 146 valence electrons. The van der Waals surface area contributed by atoms with Crippen LogP contribution in [0.5, 0.6) is 0 Å². The summed E-state index contributed by atoms with van der Waals surface area (Å²) in [6.45, 7) is 1.77. The second-order valence-corrected chi connectivity index (χ2v) is 7.68. The number of hydrogen-bond donors (Lipinski definition) is 1. The molecule has 3 rings (SSSR count). The summed E-state index contributed by atoms with van der Waals surface area (Å²) in [4.78, 5) is 29.0. The predicted molar refractivity (Wildman–Crippen MR) is 110 cm³/mol. The molecule has 8 heteroatoms. The number of carbonyl (C=O) groups excluding carboxylic acids is 1. The molecule has 6 nitrogen and oxygen atoms in total. The van der Waals surface area contributed by atoms with Crippen LogP contribution < -0.4 is 5.56 Å². The number of aromatic nitrogens is 2. The fourth-order valence-corrected chi connectivity index (χ4v) is 3.84. The van der Waals surface area contributed by atoms with Crippen molar-refractivity contribution < 1.29 is 14.6 Å². The number of methoxy groups -OCH3 is 1. The van der Waals surface area contributed by atoms with Crippen molar-refractivity contribution in [2.75, 3.05) is 7.11 Å². The zero-order valence-electron chi connectivity index (χ0n) is 15.4. The lowest BCUT2D eigenvalue weighted by Crippen LogP contribution is -2.27. The largest absolute Gasteiger partial charge is 0.465 e. The Morgan fingerprint density at radius 2 is 2.00 bits per heavy atom. The summed E-state index contributed by atoms with van der Waals surface area (Å²) in [7, 11) is 1.34.